The van der Waals surface area contributed by atoms with E-state index >= 15 is 0 Å². The van der Waals surface area contributed by atoms with Gasteiger partial charge in [0, 0.05) is 19.1 Å². The smallest absolute Gasteiger partial charge is 0.106 e. The van der Waals surface area contributed by atoms with Crippen LogP contribution in [0.15, 0.2) is 0 Å². The fourth-order valence-corrected chi connectivity index (χ4v) is 2.67. The molecule has 1 aliphatic carbocycles. The van der Waals surface area contributed by atoms with Crippen molar-refractivity contribution in [2.45, 2.75) is 50.1 Å². The van der Waals surface area contributed by atoms with Crippen LogP contribution in [-0.4, -0.2) is 29.6 Å². The number of piperidine rings is 1. The average molecular weight is 193 g/mol. The van der Waals surface area contributed by atoms with E-state index in [9.17, 15) is 0 Å². The Hall–Kier alpha value is -0.590. The Morgan fingerprint density at radius 2 is 1.79 bits per heavy atom. The van der Waals surface area contributed by atoms with Crippen LogP contribution in [0.3, 0.4) is 0 Å². The number of rotatable bonds is 1. The van der Waals surface area contributed by atoms with Crippen molar-refractivity contribution in [1.29, 1.82) is 5.26 Å². The molecular weight excluding hydrogens is 174 g/mol. The lowest BCUT2D eigenvalue weighted by Gasteiger charge is -2.38. The number of nitriles is 1. The molecule has 0 aromatic heterocycles. The van der Waals surface area contributed by atoms with Gasteiger partial charge >= 0.3 is 0 Å². The summed E-state index contributed by atoms with van der Waals surface area (Å²) >= 11 is 0. The first-order chi connectivity index (χ1) is 6.73. The zero-order valence-corrected chi connectivity index (χ0v) is 8.71. The van der Waals surface area contributed by atoms with Crippen LogP contribution in [0, 0.1) is 11.3 Å². The van der Waals surface area contributed by atoms with E-state index in [0.717, 1.165) is 32.0 Å². The quantitative estimate of drug-likeness (QED) is 0.682. The van der Waals surface area contributed by atoms with Crippen molar-refractivity contribution < 1.29 is 0 Å². The Kier molecular flexibility index (Phi) is 2.76. The second-order valence-electron chi connectivity index (χ2n) is 4.74. The Bertz CT molecular complexity index is 229. The number of nitrogens with two attached hydrogens (primary N) is 1. The average Bonchev–Trinajstić information content (AvgIpc) is 2.72. The summed E-state index contributed by atoms with van der Waals surface area (Å²) in [7, 11) is 0. The summed E-state index contributed by atoms with van der Waals surface area (Å²) in [6.07, 6.45) is 7.16. The highest BCUT2D eigenvalue weighted by Gasteiger charge is 2.33. The minimum atomic E-state index is -0.533. The highest BCUT2D eigenvalue weighted by atomic mass is 15.2. The lowest BCUT2D eigenvalue weighted by atomic mass is 9.89. The summed E-state index contributed by atoms with van der Waals surface area (Å²) in [6.45, 7) is 2.05. The molecule has 0 radical (unpaired) electrons. The van der Waals surface area contributed by atoms with Crippen molar-refractivity contribution in [3.63, 3.8) is 0 Å². The third-order valence-electron chi connectivity index (χ3n) is 3.75. The second-order valence-corrected chi connectivity index (χ2v) is 4.74. The van der Waals surface area contributed by atoms with Gasteiger partial charge in [-0.1, -0.05) is 12.8 Å². The normalized spacial score (nSPS) is 28.9. The predicted molar refractivity (Wildman–Crippen MR) is 55.6 cm³/mol. The molecule has 1 saturated heterocycles. The van der Waals surface area contributed by atoms with Gasteiger partial charge in [-0.25, -0.2) is 0 Å². The van der Waals surface area contributed by atoms with Crippen LogP contribution < -0.4 is 5.73 Å². The van der Waals surface area contributed by atoms with Crippen molar-refractivity contribution >= 4 is 0 Å². The van der Waals surface area contributed by atoms with Crippen LogP contribution in [0.25, 0.3) is 0 Å². The Balaban J connectivity index is 1.87. The number of likely N-dealkylation sites (tertiary alicyclic amines) is 1. The molecule has 2 N–H and O–H groups in total. The Morgan fingerprint density at radius 3 is 2.29 bits per heavy atom. The predicted octanol–water partition coefficient (Wildman–Crippen LogP) is 1.25. The fourth-order valence-electron chi connectivity index (χ4n) is 2.67. The highest BCUT2D eigenvalue weighted by molar-refractivity contribution is 5.07. The summed E-state index contributed by atoms with van der Waals surface area (Å²) in [6, 6.07) is 3.03. The lowest BCUT2D eigenvalue weighted by molar-refractivity contribution is 0.137. The van der Waals surface area contributed by atoms with Crippen molar-refractivity contribution in [2.24, 2.45) is 5.73 Å². The van der Waals surface area contributed by atoms with Crippen LogP contribution in [0.1, 0.15) is 38.5 Å². The molecule has 0 amide bonds. The summed E-state index contributed by atoms with van der Waals surface area (Å²) in [5.74, 6) is 0. The number of hydrogen-bond donors (Lipinski definition) is 1. The highest BCUT2D eigenvalue weighted by Crippen LogP contribution is 2.28. The molecular formula is C11H19N3. The molecule has 14 heavy (non-hydrogen) atoms. The van der Waals surface area contributed by atoms with Gasteiger partial charge in [-0.15, -0.1) is 0 Å². The maximum absolute atomic E-state index is 8.91. The van der Waals surface area contributed by atoms with Gasteiger partial charge in [-0.3, -0.25) is 0 Å². The summed E-state index contributed by atoms with van der Waals surface area (Å²) in [5.41, 5.74) is 5.40. The van der Waals surface area contributed by atoms with E-state index in [0.29, 0.717) is 0 Å². The van der Waals surface area contributed by atoms with E-state index in [2.05, 4.69) is 11.0 Å². The topological polar surface area (TPSA) is 53.1 Å². The maximum atomic E-state index is 8.91. The molecule has 0 atom stereocenters. The monoisotopic (exact) mass is 193 g/mol. The lowest BCUT2D eigenvalue weighted by Crippen LogP contribution is -2.51. The van der Waals surface area contributed by atoms with E-state index < -0.39 is 5.54 Å². The van der Waals surface area contributed by atoms with Gasteiger partial charge in [-0.2, -0.15) is 5.26 Å². The van der Waals surface area contributed by atoms with E-state index in [1.54, 1.807) is 0 Å². The third-order valence-corrected chi connectivity index (χ3v) is 3.75. The van der Waals surface area contributed by atoms with E-state index in [1.165, 1.54) is 25.7 Å². The molecule has 3 heteroatoms. The van der Waals surface area contributed by atoms with E-state index in [4.69, 9.17) is 11.0 Å². The first kappa shape index (κ1) is 9.95. The molecule has 3 nitrogen and oxygen atoms in total. The zero-order valence-electron chi connectivity index (χ0n) is 8.71. The summed E-state index contributed by atoms with van der Waals surface area (Å²) < 4.78 is 0. The summed E-state index contributed by atoms with van der Waals surface area (Å²) in [5, 5.41) is 8.91. The molecule has 0 bridgehead atoms. The van der Waals surface area contributed by atoms with E-state index in [-0.39, 0.29) is 0 Å². The maximum Gasteiger partial charge on any atom is 0.106 e. The van der Waals surface area contributed by atoms with Gasteiger partial charge in [0.25, 0.3) is 0 Å². The van der Waals surface area contributed by atoms with Gasteiger partial charge in [0.2, 0.25) is 0 Å². The van der Waals surface area contributed by atoms with Crippen LogP contribution in [-0.2, 0) is 0 Å². The van der Waals surface area contributed by atoms with Gasteiger partial charge < -0.3 is 10.6 Å². The molecule has 2 aliphatic rings. The van der Waals surface area contributed by atoms with E-state index in [1.807, 2.05) is 0 Å². The van der Waals surface area contributed by atoms with Crippen LogP contribution in [0.2, 0.25) is 0 Å². The zero-order chi connectivity index (χ0) is 10.0. The Morgan fingerprint density at radius 1 is 1.21 bits per heavy atom. The van der Waals surface area contributed by atoms with Crippen LogP contribution >= 0.6 is 0 Å². The van der Waals surface area contributed by atoms with Crippen LogP contribution in [0.5, 0.6) is 0 Å². The van der Waals surface area contributed by atoms with Crippen molar-refractivity contribution in [2.75, 3.05) is 13.1 Å². The fraction of sp³-hybridized carbons (Fsp3) is 0.909. The molecule has 2 fully saturated rings. The Labute approximate surface area is 85.9 Å². The molecule has 1 saturated carbocycles. The molecule has 0 unspecified atom stereocenters. The molecule has 0 aromatic carbocycles. The van der Waals surface area contributed by atoms with Gasteiger partial charge in [0.1, 0.15) is 5.54 Å². The van der Waals surface area contributed by atoms with Gasteiger partial charge in [-0.05, 0) is 25.7 Å². The van der Waals surface area contributed by atoms with Crippen molar-refractivity contribution in [1.82, 2.24) is 4.90 Å². The second kappa shape index (κ2) is 3.88. The van der Waals surface area contributed by atoms with Gasteiger partial charge in [0.15, 0.2) is 0 Å². The number of hydrogen-bond acceptors (Lipinski definition) is 3. The first-order valence-electron chi connectivity index (χ1n) is 5.68. The summed E-state index contributed by atoms with van der Waals surface area (Å²) in [4.78, 5) is 2.54. The minimum absolute atomic E-state index is 0.533. The van der Waals surface area contributed by atoms with Crippen LogP contribution in [0.4, 0.5) is 0 Å². The van der Waals surface area contributed by atoms with Gasteiger partial charge in [0.05, 0.1) is 6.07 Å². The molecule has 0 spiro atoms. The van der Waals surface area contributed by atoms with Crippen molar-refractivity contribution in [3.05, 3.63) is 0 Å². The van der Waals surface area contributed by atoms with Crippen molar-refractivity contribution in [3.8, 4) is 6.07 Å². The first-order valence-corrected chi connectivity index (χ1v) is 5.68. The largest absolute Gasteiger partial charge is 0.313 e. The standard InChI is InChI=1S/C11H19N3/c12-9-11(13)5-7-14(8-6-11)10-3-1-2-4-10/h10H,1-8,13H2. The number of nitrogens with zero attached hydrogens (tertiary/aromatic N) is 2. The molecule has 2 rings (SSSR count). The molecule has 1 aliphatic heterocycles. The SMILES string of the molecule is N#CC1(N)CCN(C2CCCC2)CC1. The molecule has 78 valence electrons. The molecule has 0 aromatic rings. The third kappa shape index (κ3) is 1.92. The minimum Gasteiger partial charge on any atom is -0.313 e. The molecule has 1 heterocycles.